The van der Waals surface area contributed by atoms with Crippen molar-refractivity contribution in [2.24, 2.45) is 5.92 Å². The Morgan fingerprint density at radius 1 is 1.50 bits per heavy atom. The first kappa shape index (κ1) is 15.0. The van der Waals surface area contributed by atoms with Crippen molar-refractivity contribution in [1.29, 1.82) is 0 Å². The molecule has 1 aliphatic rings. The zero-order chi connectivity index (χ0) is 14.8. The van der Waals surface area contributed by atoms with Gasteiger partial charge in [0.15, 0.2) is 5.06 Å². The minimum atomic E-state index is -3.65. The molecule has 0 saturated carbocycles. The van der Waals surface area contributed by atoms with Crippen LogP contribution in [0, 0.1) is 5.92 Å². The van der Waals surface area contributed by atoms with Gasteiger partial charge < -0.3 is 9.84 Å². The molecule has 2 atom stereocenters. The maximum absolute atomic E-state index is 12.2. The largest absolute Gasteiger partial charge is 0.487 e. The van der Waals surface area contributed by atoms with Crippen LogP contribution in [0.4, 0.5) is 0 Å². The van der Waals surface area contributed by atoms with Crippen molar-refractivity contribution in [3.63, 3.8) is 0 Å². The van der Waals surface area contributed by atoms with Crippen LogP contribution in [0.15, 0.2) is 28.5 Å². The van der Waals surface area contributed by atoms with Crippen LogP contribution in [-0.2, 0) is 14.8 Å². The van der Waals surface area contributed by atoms with Crippen LogP contribution in [0.3, 0.4) is 0 Å². The third-order valence-electron chi connectivity index (χ3n) is 3.01. The zero-order valence-electron chi connectivity index (χ0n) is 10.8. The van der Waals surface area contributed by atoms with Gasteiger partial charge in [-0.15, -0.1) is 0 Å². The second-order valence-corrected chi connectivity index (χ2v) is 7.43. The normalized spacial score (nSPS) is 22.6. The number of hydrogen-bond acceptors (Lipinski definition) is 5. The summed E-state index contributed by atoms with van der Waals surface area (Å²) < 4.78 is 32.0. The number of ether oxygens (including phenoxy) is 1. The minimum absolute atomic E-state index is 0.153. The second kappa shape index (κ2) is 5.94. The van der Waals surface area contributed by atoms with Gasteiger partial charge in [0.05, 0.1) is 13.0 Å². The molecule has 1 heterocycles. The standard InChI is InChI=1S/C12H15NO5S2/c1-18-10-5-6-11(19-10)20(16,17)13-9-4-2-3-8(7-9)12(14)15/h2,4-6,8-9,13H,3,7H2,1H3,(H,14,15)/t8-,9-/m0/s1. The van der Waals surface area contributed by atoms with Crippen LogP contribution in [0.1, 0.15) is 12.8 Å². The number of thiophene rings is 1. The molecule has 0 fully saturated rings. The van der Waals surface area contributed by atoms with E-state index < -0.39 is 28.0 Å². The van der Waals surface area contributed by atoms with E-state index in [1.807, 2.05) is 0 Å². The molecule has 0 unspecified atom stereocenters. The second-order valence-electron chi connectivity index (χ2n) is 4.44. The van der Waals surface area contributed by atoms with Gasteiger partial charge in [-0.05, 0) is 25.0 Å². The highest BCUT2D eigenvalue weighted by molar-refractivity contribution is 7.91. The first-order valence-electron chi connectivity index (χ1n) is 5.98. The molecule has 2 rings (SSSR count). The summed E-state index contributed by atoms with van der Waals surface area (Å²) in [6.45, 7) is 0. The Morgan fingerprint density at radius 3 is 2.85 bits per heavy atom. The zero-order valence-corrected chi connectivity index (χ0v) is 12.4. The van der Waals surface area contributed by atoms with Gasteiger partial charge in [-0.2, -0.15) is 0 Å². The van der Waals surface area contributed by atoms with E-state index in [2.05, 4.69) is 4.72 Å². The molecule has 20 heavy (non-hydrogen) atoms. The molecule has 0 saturated heterocycles. The highest BCUT2D eigenvalue weighted by Gasteiger charge is 2.27. The summed E-state index contributed by atoms with van der Waals surface area (Å²) in [6.07, 6.45) is 4.08. The SMILES string of the molecule is COc1ccc(S(=O)(=O)N[C@H]2C=CC[C@H](C(=O)O)C2)s1. The summed E-state index contributed by atoms with van der Waals surface area (Å²) in [6, 6.07) is 2.55. The number of carboxylic acid groups (broad SMARTS) is 1. The van der Waals surface area contributed by atoms with Gasteiger partial charge in [-0.25, -0.2) is 13.1 Å². The van der Waals surface area contributed by atoms with Crippen LogP contribution in [0.2, 0.25) is 0 Å². The lowest BCUT2D eigenvalue weighted by atomic mass is 9.92. The van der Waals surface area contributed by atoms with Crippen LogP contribution in [0.25, 0.3) is 0 Å². The molecular weight excluding hydrogens is 302 g/mol. The molecule has 0 bridgehead atoms. The van der Waals surface area contributed by atoms with E-state index in [9.17, 15) is 13.2 Å². The van der Waals surface area contributed by atoms with E-state index in [1.165, 1.54) is 13.2 Å². The monoisotopic (exact) mass is 317 g/mol. The Bertz CT molecular complexity index is 620. The first-order valence-corrected chi connectivity index (χ1v) is 8.28. The third-order valence-corrected chi connectivity index (χ3v) is 6.03. The van der Waals surface area contributed by atoms with Gasteiger partial charge in [0.2, 0.25) is 0 Å². The van der Waals surface area contributed by atoms with Gasteiger partial charge in [-0.3, -0.25) is 4.79 Å². The number of carboxylic acids is 1. The Labute approximate surface area is 121 Å². The van der Waals surface area contributed by atoms with Crippen molar-refractivity contribution in [2.45, 2.75) is 23.1 Å². The van der Waals surface area contributed by atoms with Gasteiger partial charge in [-0.1, -0.05) is 23.5 Å². The van der Waals surface area contributed by atoms with Crippen molar-refractivity contribution in [2.75, 3.05) is 7.11 Å². The fourth-order valence-corrected chi connectivity index (χ4v) is 4.31. The van der Waals surface area contributed by atoms with E-state index >= 15 is 0 Å². The topological polar surface area (TPSA) is 92.7 Å². The summed E-state index contributed by atoms with van der Waals surface area (Å²) in [5.41, 5.74) is 0. The number of carbonyl (C=O) groups is 1. The molecular formula is C12H15NO5S2. The van der Waals surface area contributed by atoms with Gasteiger partial charge >= 0.3 is 5.97 Å². The lowest BCUT2D eigenvalue weighted by Crippen LogP contribution is -2.37. The molecule has 0 aliphatic heterocycles. The number of sulfonamides is 1. The third kappa shape index (κ3) is 3.38. The quantitative estimate of drug-likeness (QED) is 0.802. The van der Waals surface area contributed by atoms with Crippen molar-refractivity contribution < 1.29 is 23.1 Å². The predicted octanol–water partition coefficient (Wildman–Crippen LogP) is 1.45. The Balaban J connectivity index is 2.10. The van der Waals surface area contributed by atoms with E-state index in [4.69, 9.17) is 9.84 Å². The Kier molecular flexibility index (Phi) is 4.46. The average molecular weight is 317 g/mol. The summed E-state index contributed by atoms with van der Waals surface area (Å²) in [5.74, 6) is -1.46. The fourth-order valence-electron chi connectivity index (χ4n) is 1.99. The summed E-state index contributed by atoms with van der Waals surface area (Å²) in [7, 11) is -2.18. The highest BCUT2D eigenvalue weighted by Crippen LogP contribution is 2.28. The fraction of sp³-hybridized carbons (Fsp3) is 0.417. The maximum Gasteiger partial charge on any atom is 0.306 e. The molecule has 0 radical (unpaired) electrons. The molecule has 0 amide bonds. The molecule has 2 N–H and O–H groups in total. The molecule has 0 spiro atoms. The van der Waals surface area contributed by atoms with Crippen LogP contribution >= 0.6 is 11.3 Å². The Hall–Kier alpha value is -1.38. The van der Waals surface area contributed by atoms with Gasteiger partial charge in [0.25, 0.3) is 10.0 Å². The molecule has 6 nitrogen and oxygen atoms in total. The van der Waals surface area contributed by atoms with Crippen LogP contribution in [0.5, 0.6) is 5.06 Å². The molecule has 1 aromatic heterocycles. The number of aliphatic carboxylic acids is 1. The first-order chi connectivity index (χ1) is 9.42. The van der Waals surface area contributed by atoms with E-state index in [1.54, 1.807) is 18.2 Å². The minimum Gasteiger partial charge on any atom is -0.487 e. The van der Waals surface area contributed by atoms with E-state index in [-0.39, 0.29) is 10.6 Å². The average Bonchev–Trinajstić information content (AvgIpc) is 2.88. The molecule has 1 aliphatic carbocycles. The number of rotatable bonds is 5. The van der Waals surface area contributed by atoms with Crippen molar-refractivity contribution in [3.05, 3.63) is 24.3 Å². The van der Waals surface area contributed by atoms with Crippen molar-refractivity contribution >= 4 is 27.3 Å². The molecule has 8 heteroatoms. The molecule has 110 valence electrons. The number of allylic oxidation sites excluding steroid dienone is 1. The van der Waals surface area contributed by atoms with E-state index in [0.717, 1.165) is 11.3 Å². The smallest absolute Gasteiger partial charge is 0.306 e. The maximum atomic E-state index is 12.2. The number of nitrogens with one attached hydrogen (secondary N) is 1. The van der Waals surface area contributed by atoms with Crippen molar-refractivity contribution in [1.82, 2.24) is 4.72 Å². The number of hydrogen-bond donors (Lipinski definition) is 2. The molecule has 1 aromatic rings. The summed E-state index contributed by atoms with van der Waals surface area (Å²) in [5, 5.41) is 9.49. The van der Waals surface area contributed by atoms with Crippen LogP contribution in [-0.4, -0.2) is 32.6 Å². The van der Waals surface area contributed by atoms with E-state index in [0.29, 0.717) is 11.5 Å². The lowest BCUT2D eigenvalue weighted by molar-refractivity contribution is -0.142. The highest BCUT2D eigenvalue weighted by atomic mass is 32.2. The van der Waals surface area contributed by atoms with Gasteiger partial charge in [0, 0.05) is 6.04 Å². The van der Waals surface area contributed by atoms with Gasteiger partial charge in [0.1, 0.15) is 4.21 Å². The Morgan fingerprint density at radius 2 is 2.25 bits per heavy atom. The summed E-state index contributed by atoms with van der Waals surface area (Å²) in [4.78, 5) is 11.0. The predicted molar refractivity (Wildman–Crippen MR) is 74.5 cm³/mol. The van der Waals surface area contributed by atoms with Crippen molar-refractivity contribution in [3.8, 4) is 5.06 Å². The number of methoxy groups -OCH3 is 1. The van der Waals surface area contributed by atoms with Crippen LogP contribution < -0.4 is 9.46 Å². The summed E-state index contributed by atoms with van der Waals surface area (Å²) >= 11 is 1.02. The lowest BCUT2D eigenvalue weighted by Gasteiger charge is -2.22. The molecule has 0 aromatic carbocycles.